The summed E-state index contributed by atoms with van der Waals surface area (Å²) in [6.07, 6.45) is 6.36. The van der Waals surface area contributed by atoms with Gasteiger partial charge in [0.05, 0.1) is 55.6 Å². The molecule has 31 heavy (non-hydrogen) atoms. The number of aliphatic hydroxyl groups excluding tert-OH is 1. The number of aryl methyl sites for hydroxylation is 2. The first-order chi connectivity index (χ1) is 15.2. The van der Waals surface area contributed by atoms with Gasteiger partial charge in [-0.3, -0.25) is 4.40 Å². The second-order valence-electron chi connectivity index (χ2n) is 8.03. The molecule has 7 nitrogen and oxygen atoms in total. The maximum atomic E-state index is 14.6. The van der Waals surface area contributed by atoms with Gasteiger partial charge in [0, 0.05) is 24.9 Å². The van der Waals surface area contributed by atoms with Crippen molar-refractivity contribution in [3.05, 3.63) is 53.1 Å². The highest BCUT2D eigenvalue weighted by molar-refractivity contribution is 5.76. The molecule has 0 bridgehead atoms. The van der Waals surface area contributed by atoms with Crippen molar-refractivity contribution in [1.82, 2.24) is 14.4 Å². The molecule has 1 fully saturated rings. The summed E-state index contributed by atoms with van der Waals surface area (Å²) in [6, 6.07) is 3.10. The van der Waals surface area contributed by atoms with E-state index >= 15 is 0 Å². The van der Waals surface area contributed by atoms with Gasteiger partial charge < -0.3 is 19.5 Å². The Morgan fingerprint density at radius 2 is 2.13 bits per heavy atom. The summed E-state index contributed by atoms with van der Waals surface area (Å²) in [4.78, 5) is 11.5. The molecule has 1 saturated heterocycles. The van der Waals surface area contributed by atoms with E-state index in [0.717, 1.165) is 52.4 Å². The molecule has 1 N–H and O–H groups in total. The zero-order valence-corrected chi connectivity index (χ0v) is 17.7. The lowest BCUT2D eigenvalue weighted by Gasteiger charge is -2.36. The predicted molar refractivity (Wildman–Crippen MR) is 114 cm³/mol. The minimum Gasteiger partial charge on any atom is -0.493 e. The van der Waals surface area contributed by atoms with Gasteiger partial charge in [0.25, 0.3) is 0 Å². The average molecular weight is 426 g/mol. The highest BCUT2D eigenvalue weighted by Crippen LogP contribution is 2.32. The number of hydrogen-bond donors (Lipinski definition) is 1. The van der Waals surface area contributed by atoms with Crippen LogP contribution in [-0.4, -0.2) is 58.5 Å². The highest BCUT2D eigenvalue weighted by atomic mass is 19.1. The number of anilines is 1. The Morgan fingerprint density at radius 1 is 1.23 bits per heavy atom. The maximum Gasteiger partial charge on any atom is 0.126 e. The van der Waals surface area contributed by atoms with E-state index in [1.54, 1.807) is 6.07 Å². The van der Waals surface area contributed by atoms with Gasteiger partial charge in [0.1, 0.15) is 23.7 Å². The Balaban J connectivity index is 1.50. The van der Waals surface area contributed by atoms with Crippen molar-refractivity contribution in [3.63, 3.8) is 0 Å². The zero-order valence-electron chi connectivity index (χ0n) is 17.7. The molecule has 4 heterocycles. The molecule has 164 valence electrons. The molecule has 0 radical (unpaired) electrons. The molecule has 1 aromatic carbocycles. The quantitative estimate of drug-likeness (QED) is 0.653. The Kier molecular flexibility index (Phi) is 5.50. The number of ether oxygens (including phenoxy) is 2. The van der Waals surface area contributed by atoms with Gasteiger partial charge in [-0.05, 0) is 30.5 Å². The van der Waals surface area contributed by atoms with Crippen LogP contribution in [-0.2, 0) is 30.4 Å². The van der Waals surface area contributed by atoms with Crippen molar-refractivity contribution < 1.29 is 19.0 Å². The Morgan fingerprint density at radius 3 is 2.97 bits per heavy atom. The Bertz CT molecular complexity index is 1100. The second-order valence-corrected chi connectivity index (χ2v) is 8.03. The third-order valence-corrected chi connectivity index (χ3v) is 6.32. The standard InChI is InChI=1S/C23H27FN4O3/c1-2-19-23-20(27-8-10-30-13-15(27)12-29)11-25-22(28(23)14-26-19)6-3-16-17-7-9-31-21(17)5-4-18(16)24/h4-5,11,14-15,29H,2-3,6-10,12-13H2,1H3/t15-/m0/s1. The number of morpholine rings is 1. The molecule has 2 aromatic heterocycles. The van der Waals surface area contributed by atoms with Crippen LogP contribution in [0.25, 0.3) is 5.52 Å². The smallest absolute Gasteiger partial charge is 0.126 e. The molecule has 5 rings (SSSR count). The molecule has 1 atom stereocenters. The summed E-state index contributed by atoms with van der Waals surface area (Å²) >= 11 is 0. The SMILES string of the molecule is CCc1ncn2c(CCc3c(F)ccc4c3CCO4)ncc(N3CCOC[C@@H]3CO)c12. The molecule has 2 aliphatic rings. The van der Waals surface area contributed by atoms with E-state index in [9.17, 15) is 9.50 Å². The predicted octanol–water partition coefficient (Wildman–Crippen LogP) is 2.35. The van der Waals surface area contributed by atoms with Crippen LogP contribution in [0.3, 0.4) is 0 Å². The van der Waals surface area contributed by atoms with Crippen LogP contribution in [0.2, 0.25) is 0 Å². The maximum absolute atomic E-state index is 14.6. The molecule has 3 aromatic rings. The molecule has 2 aliphatic heterocycles. The highest BCUT2D eigenvalue weighted by Gasteiger charge is 2.27. The number of halogens is 1. The van der Waals surface area contributed by atoms with Crippen LogP contribution >= 0.6 is 0 Å². The summed E-state index contributed by atoms with van der Waals surface area (Å²) in [5.41, 5.74) is 4.66. The summed E-state index contributed by atoms with van der Waals surface area (Å²) in [7, 11) is 0. The summed E-state index contributed by atoms with van der Waals surface area (Å²) < 4.78 is 27.7. The molecule has 8 heteroatoms. The summed E-state index contributed by atoms with van der Waals surface area (Å²) in [5.74, 6) is 1.45. The van der Waals surface area contributed by atoms with Gasteiger partial charge in [0.15, 0.2) is 0 Å². The van der Waals surface area contributed by atoms with Gasteiger partial charge in [-0.2, -0.15) is 0 Å². The minimum atomic E-state index is -0.184. The van der Waals surface area contributed by atoms with E-state index in [0.29, 0.717) is 39.2 Å². The average Bonchev–Trinajstić information content (AvgIpc) is 3.45. The molecular formula is C23H27FN4O3. The lowest BCUT2D eigenvalue weighted by Crippen LogP contribution is -2.48. The molecule has 0 spiro atoms. The van der Waals surface area contributed by atoms with Crippen molar-refractivity contribution in [2.45, 2.75) is 38.6 Å². The van der Waals surface area contributed by atoms with Crippen molar-refractivity contribution in [2.75, 3.05) is 37.9 Å². The van der Waals surface area contributed by atoms with Gasteiger partial charge in [0.2, 0.25) is 0 Å². The van der Waals surface area contributed by atoms with E-state index in [4.69, 9.17) is 14.5 Å². The van der Waals surface area contributed by atoms with Gasteiger partial charge in [-0.25, -0.2) is 14.4 Å². The second kappa shape index (κ2) is 8.43. The third kappa shape index (κ3) is 3.53. The lowest BCUT2D eigenvalue weighted by atomic mass is 10.00. The van der Waals surface area contributed by atoms with E-state index in [1.807, 2.05) is 16.9 Å². The van der Waals surface area contributed by atoms with Gasteiger partial charge in [-0.15, -0.1) is 0 Å². The fourth-order valence-corrected chi connectivity index (χ4v) is 4.71. The van der Waals surface area contributed by atoms with E-state index in [1.165, 1.54) is 6.07 Å². The van der Waals surface area contributed by atoms with E-state index in [-0.39, 0.29) is 18.5 Å². The van der Waals surface area contributed by atoms with Crippen molar-refractivity contribution in [1.29, 1.82) is 0 Å². The van der Waals surface area contributed by atoms with Crippen LogP contribution in [0.15, 0.2) is 24.7 Å². The molecule has 0 aliphatic carbocycles. The number of fused-ring (bicyclic) bond motifs is 2. The summed E-state index contributed by atoms with van der Waals surface area (Å²) in [5, 5.41) is 9.83. The Labute approximate surface area is 180 Å². The fourth-order valence-electron chi connectivity index (χ4n) is 4.71. The van der Waals surface area contributed by atoms with Crippen molar-refractivity contribution >= 4 is 11.2 Å². The zero-order chi connectivity index (χ0) is 21.4. The largest absolute Gasteiger partial charge is 0.493 e. The first-order valence-corrected chi connectivity index (χ1v) is 10.9. The van der Waals surface area contributed by atoms with Crippen LogP contribution in [0, 0.1) is 5.82 Å². The number of hydrogen-bond acceptors (Lipinski definition) is 6. The monoisotopic (exact) mass is 426 g/mol. The van der Waals surface area contributed by atoms with Gasteiger partial charge >= 0.3 is 0 Å². The molecule has 0 amide bonds. The first kappa shape index (κ1) is 20.2. The molecule has 0 unspecified atom stereocenters. The number of imidazole rings is 1. The topological polar surface area (TPSA) is 72.1 Å². The van der Waals surface area contributed by atoms with Crippen LogP contribution < -0.4 is 9.64 Å². The first-order valence-electron chi connectivity index (χ1n) is 10.9. The number of aliphatic hydroxyl groups is 1. The normalized spacial score (nSPS) is 18.4. The van der Waals surface area contributed by atoms with Crippen LogP contribution in [0.5, 0.6) is 5.75 Å². The van der Waals surface area contributed by atoms with Crippen LogP contribution in [0.4, 0.5) is 10.1 Å². The molecule has 0 saturated carbocycles. The minimum absolute atomic E-state index is 0.0178. The number of benzene rings is 1. The lowest BCUT2D eigenvalue weighted by molar-refractivity contribution is 0.0728. The summed E-state index contributed by atoms with van der Waals surface area (Å²) in [6.45, 7) is 4.50. The number of rotatable bonds is 6. The van der Waals surface area contributed by atoms with E-state index in [2.05, 4.69) is 16.8 Å². The Hall–Kier alpha value is -2.71. The van der Waals surface area contributed by atoms with E-state index < -0.39 is 0 Å². The fraction of sp³-hybridized carbons (Fsp3) is 0.478. The van der Waals surface area contributed by atoms with Crippen molar-refractivity contribution in [2.24, 2.45) is 0 Å². The van der Waals surface area contributed by atoms with Crippen LogP contribution in [0.1, 0.15) is 29.6 Å². The third-order valence-electron chi connectivity index (χ3n) is 6.32. The molecular weight excluding hydrogens is 399 g/mol. The number of nitrogens with zero attached hydrogens (tertiary/aromatic N) is 4. The number of aromatic nitrogens is 3. The van der Waals surface area contributed by atoms with Crippen molar-refractivity contribution in [3.8, 4) is 5.75 Å². The van der Waals surface area contributed by atoms with Gasteiger partial charge in [-0.1, -0.05) is 6.92 Å².